The molecule has 0 saturated carbocycles. The van der Waals surface area contributed by atoms with Crippen LogP contribution < -0.4 is 10.6 Å². The van der Waals surface area contributed by atoms with Crippen LogP contribution in [0.1, 0.15) is 42.5 Å². The van der Waals surface area contributed by atoms with Crippen molar-refractivity contribution in [3.63, 3.8) is 0 Å². The van der Waals surface area contributed by atoms with Crippen LogP contribution in [0.4, 0.5) is 24.8 Å². The van der Waals surface area contributed by atoms with Crippen molar-refractivity contribution in [1.82, 2.24) is 9.97 Å². The topological polar surface area (TPSA) is 66.9 Å². The lowest BCUT2D eigenvalue weighted by Crippen LogP contribution is -2.28. The molecule has 0 spiro atoms. The summed E-state index contributed by atoms with van der Waals surface area (Å²) in [5.41, 5.74) is -0.838. The zero-order valence-electron chi connectivity index (χ0n) is 14.6. The number of alkyl halides is 3. The van der Waals surface area contributed by atoms with E-state index >= 15 is 0 Å². The number of nitrogens with zero attached hydrogens (tertiary/aromatic N) is 2. The molecule has 5 nitrogen and oxygen atoms in total. The Morgan fingerprint density at radius 1 is 1.12 bits per heavy atom. The molecule has 9 heteroatoms. The van der Waals surface area contributed by atoms with E-state index in [2.05, 4.69) is 20.6 Å². The second kappa shape index (κ2) is 7.11. The first-order chi connectivity index (χ1) is 11.8. The number of carbonyl (C=O) groups is 1. The van der Waals surface area contributed by atoms with E-state index in [1.54, 1.807) is 6.92 Å². The maximum Gasteiger partial charge on any atom is 0.416 e. The molecule has 0 aliphatic rings. The van der Waals surface area contributed by atoms with Gasteiger partial charge in [0.15, 0.2) is 0 Å². The van der Waals surface area contributed by atoms with E-state index < -0.39 is 17.6 Å². The fourth-order valence-corrected chi connectivity index (χ4v) is 2.22. The summed E-state index contributed by atoms with van der Waals surface area (Å²) in [6, 6.07) is 4.14. The fraction of sp³-hybridized carbons (Fsp3) is 0.353. The van der Waals surface area contributed by atoms with Crippen LogP contribution in [-0.2, 0) is 6.18 Å². The Kier molecular flexibility index (Phi) is 5.46. The number of carbonyl (C=O) groups excluding carboxylic acids is 1. The second-order valence-corrected chi connectivity index (χ2v) is 7.15. The number of hydrogen-bond donors (Lipinski definition) is 2. The largest absolute Gasteiger partial charge is 0.416 e. The number of benzene rings is 1. The molecule has 0 radical (unpaired) electrons. The van der Waals surface area contributed by atoms with E-state index in [4.69, 9.17) is 11.6 Å². The second-order valence-electron chi connectivity index (χ2n) is 6.74. The molecule has 1 amide bonds. The number of hydrogen-bond acceptors (Lipinski definition) is 4. The molecule has 0 unspecified atom stereocenters. The summed E-state index contributed by atoms with van der Waals surface area (Å²) in [7, 11) is 0. The number of aromatic nitrogens is 2. The molecular formula is C17H18ClF3N4O. The number of halogens is 4. The summed E-state index contributed by atoms with van der Waals surface area (Å²) in [5.74, 6) is -0.438. The molecule has 0 aliphatic carbocycles. The predicted octanol–water partition coefficient (Wildman–Crippen LogP) is 4.92. The molecule has 2 rings (SSSR count). The van der Waals surface area contributed by atoms with Crippen LogP contribution in [-0.4, -0.2) is 21.4 Å². The highest BCUT2D eigenvalue weighted by atomic mass is 35.5. The van der Waals surface area contributed by atoms with E-state index in [1.807, 2.05) is 20.8 Å². The molecule has 0 saturated heterocycles. The number of nitrogens with one attached hydrogen (secondary N) is 2. The van der Waals surface area contributed by atoms with Crippen LogP contribution in [0.15, 0.2) is 24.3 Å². The monoisotopic (exact) mass is 386 g/mol. The molecule has 1 aromatic heterocycles. The van der Waals surface area contributed by atoms with Crippen molar-refractivity contribution < 1.29 is 18.0 Å². The molecule has 26 heavy (non-hydrogen) atoms. The summed E-state index contributed by atoms with van der Waals surface area (Å²) in [6.07, 6.45) is -4.54. The quantitative estimate of drug-likeness (QED) is 0.785. The summed E-state index contributed by atoms with van der Waals surface area (Å²) in [5, 5.41) is 5.40. The third-order valence-corrected chi connectivity index (χ3v) is 3.45. The van der Waals surface area contributed by atoms with Gasteiger partial charge in [-0.1, -0.05) is 11.6 Å². The van der Waals surface area contributed by atoms with Crippen molar-refractivity contribution in [3.05, 3.63) is 46.2 Å². The lowest BCUT2D eigenvalue weighted by Gasteiger charge is -2.21. The minimum atomic E-state index is -4.54. The molecule has 2 aromatic rings. The average molecular weight is 387 g/mol. The first-order valence-electron chi connectivity index (χ1n) is 7.67. The van der Waals surface area contributed by atoms with Crippen LogP contribution >= 0.6 is 11.6 Å². The van der Waals surface area contributed by atoms with Crippen LogP contribution in [0.2, 0.25) is 5.02 Å². The Labute approximate surface area is 154 Å². The normalized spacial score (nSPS) is 12.0. The van der Waals surface area contributed by atoms with Crippen molar-refractivity contribution in [2.75, 3.05) is 10.6 Å². The van der Waals surface area contributed by atoms with Crippen molar-refractivity contribution >= 4 is 29.1 Å². The van der Waals surface area contributed by atoms with Crippen molar-refractivity contribution in [2.45, 2.75) is 39.4 Å². The highest BCUT2D eigenvalue weighted by molar-refractivity contribution is 6.33. The van der Waals surface area contributed by atoms with Crippen LogP contribution in [0.5, 0.6) is 0 Å². The van der Waals surface area contributed by atoms with Crippen molar-refractivity contribution in [1.29, 1.82) is 0 Å². The molecule has 140 valence electrons. The maximum absolute atomic E-state index is 12.8. The Morgan fingerprint density at radius 3 is 2.35 bits per heavy atom. The Balaban J connectivity index is 2.31. The maximum atomic E-state index is 12.8. The fourth-order valence-electron chi connectivity index (χ4n) is 2.06. The minimum absolute atomic E-state index is 0.00910. The van der Waals surface area contributed by atoms with Gasteiger partial charge < -0.3 is 10.6 Å². The van der Waals surface area contributed by atoms with Gasteiger partial charge >= 0.3 is 6.18 Å². The molecule has 0 fully saturated rings. The Bertz CT molecular complexity index is 832. The summed E-state index contributed by atoms with van der Waals surface area (Å²) < 4.78 is 38.5. The van der Waals surface area contributed by atoms with E-state index in [-0.39, 0.29) is 27.9 Å². The first kappa shape index (κ1) is 20.0. The molecule has 0 aliphatic heterocycles. The SMILES string of the molecule is Cc1cc(C(=O)Nc2cc(C(F)(F)F)ccc2Cl)nc(NC(C)(C)C)n1. The van der Waals surface area contributed by atoms with Crippen molar-refractivity contribution in [2.24, 2.45) is 0 Å². The summed E-state index contributed by atoms with van der Waals surface area (Å²) in [6.45, 7) is 7.39. The number of amides is 1. The standard InChI is InChI=1S/C17H18ClF3N4O/c1-9-7-13(24-15(22-9)25-16(2,3)4)14(26)23-12-8-10(17(19,20)21)5-6-11(12)18/h5-8H,1-4H3,(H,23,26)(H,22,24,25). The zero-order chi connectivity index (χ0) is 19.7. The van der Waals surface area contributed by atoms with Gasteiger partial charge in [0.1, 0.15) is 5.69 Å². The minimum Gasteiger partial charge on any atom is -0.350 e. The van der Waals surface area contributed by atoms with Gasteiger partial charge in [-0.25, -0.2) is 9.97 Å². The molecule has 0 bridgehead atoms. The molecule has 1 aromatic carbocycles. The Morgan fingerprint density at radius 2 is 1.77 bits per heavy atom. The highest BCUT2D eigenvalue weighted by Crippen LogP contribution is 2.34. The van der Waals surface area contributed by atoms with Gasteiger partial charge in [0, 0.05) is 11.2 Å². The van der Waals surface area contributed by atoms with Gasteiger partial charge in [-0.05, 0) is 52.0 Å². The highest BCUT2D eigenvalue weighted by Gasteiger charge is 2.31. The third kappa shape index (κ3) is 5.32. The van der Waals surface area contributed by atoms with Gasteiger partial charge in [-0.15, -0.1) is 0 Å². The van der Waals surface area contributed by atoms with Crippen LogP contribution in [0.25, 0.3) is 0 Å². The zero-order valence-corrected chi connectivity index (χ0v) is 15.4. The number of aryl methyl sites for hydroxylation is 1. The number of anilines is 2. The molecular weight excluding hydrogens is 369 g/mol. The van der Waals surface area contributed by atoms with Gasteiger partial charge in [-0.3, -0.25) is 4.79 Å². The van der Waals surface area contributed by atoms with Gasteiger partial charge in [-0.2, -0.15) is 13.2 Å². The number of rotatable bonds is 3. The average Bonchev–Trinajstić information content (AvgIpc) is 2.45. The molecule has 1 heterocycles. The summed E-state index contributed by atoms with van der Waals surface area (Å²) >= 11 is 5.90. The van der Waals surface area contributed by atoms with E-state index in [1.165, 1.54) is 6.07 Å². The molecule has 0 atom stereocenters. The third-order valence-electron chi connectivity index (χ3n) is 3.12. The van der Waals surface area contributed by atoms with E-state index in [9.17, 15) is 18.0 Å². The van der Waals surface area contributed by atoms with Gasteiger partial charge in [0.25, 0.3) is 5.91 Å². The van der Waals surface area contributed by atoms with E-state index in [0.29, 0.717) is 5.69 Å². The van der Waals surface area contributed by atoms with Crippen LogP contribution in [0, 0.1) is 6.92 Å². The van der Waals surface area contributed by atoms with E-state index in [0.717, 1.165) is 18.2 Å². The predicted molar refractivity (Wildman–Crippen MR) is 94.6 cm³/mol. The lowest BCUT2D eigenvalue weighted by molar-refractivity contribution is -0.137. The van der Waals surface area contributed by atoms with Gasteiger partial charge in [0.05, 0.1) is 16.3 Å². The molecule has 2 N–H and O–H groups in total. The Hall–Kier alpha value is -2.35. The lowest BCUT2D eigenvalue weighted by atomic mass is 10.1. The van der Waals surface area contributed by atoms with Gasteiger partial charge in [0.2, 0.25) is 5.95 Å². The first-order valence-corrected chi connectivity index (χ1v) is 8.05. The van der Waals surface area contributed by atoms with Crippen LogP contribution in [0.3, 0.4) is 0 Å². The summed E-state index contributed by atoms with van der Waals surface area (Å²) in [4.78, 5) is 20.7. The van der Waals surface area contributed by atoms with Crippen molar-refractivity contribution in [3.8, 4) is 0 Å². The smallest absolute Gasteiger partial charge is 0.350 e.